The SMILES string of the molecule is CC(C)(O)c1cc2nn(C3CCC(N4CCN(C5CCN(c6cc(F)c([C@H]7CCC(=O)NC7=O)c(F)c6)CC5)CC4)CC3)cc2cc1NC(=O)c1coc2cccnc12. The molecule has 5 aromatic rings. The van der Waals surface area contributed by atoms with Gasteiger partial charge in [0.15, 0.2) is 5.58 Å². The van der Waals surface area contributed by atoms with Crippen molar-refractivity contribution in [3.05, 3.63) is 83.4 Å². The van der Waals surface area contributed by atoms with Gasteiger partial charge in [-0.15, -0.1) is 0 Å². The number of carbonyl (C=O) groups excluding carboxylic acids is 3. The summed E-state index contributed by atoms with van der Waals surface area (Å²) in [5.41, 5.74) is 2.18. The Kier molecular flexibility index (Phi) is 10.5. The summed E-state index contributed by atoms with van der Waals surface area (Å²) in [4.78, 5) is 48.8. The number of aliphatic hydroxyl groups is 1. The third-order valence-corrected chi connectivity index (χ3v) is 13.0. The van der Waals surface area contributed by atoms with Crippen LogP contribution in [-0.2, 0) is 15.2 Å². The van der Waals surface area contributed by atoms with Crippen LogP contribution in [0.4, 0.5) is 20.2 Å². The number of pyridine rings is 1. The average molecular weight is 809 g/mol. The molecular weight excluding hydrogens is 759 g/mol. The second-order valence-electron chi connectivity index (χ2n) is 17.2. The van der Waals surface area contributed by atoms with Crippen LogP contribution in [0.15, 0.2) is 59.5 Å². The minimum Gasteiger partial charge on any atom is -0.462 e. The van der Waals surface area contributed by atoms with E-state index in [1.807, 2.05) is 23.2 Å². The zero-order chi connectivity index (χ0) is 41.0. The number of furan rings is 1. The van der Waals surface area contributed by atoms with Gasteiger partial charge in [-0.1, -0.05) is 0 Å². The van der Waals surface area contributed by atoms with Gasteiger partial charge in [0.05, 0.1) is 23.1 Å². The predicted octanol–water partition coefficient (Wildman–Crippen LogP) is 6.23. The van der Waals surface area contributed by atoms with Crippen LogP contribution in [0.1, 0.15) is 98.7 Å². The summed E-state index contributed by atoms with van der Waals surface area (Å²) in [6.07, 6.45) is 11.2. The van der Waals surface area contributed by atoms with E-state index in [2.05, 4.69) is 30.1 Å². The number of amides is 3. The molecule has 9 rings (SSSR count). The van der Waals surface area contributed by atoms with Crippen molar-refractivity contribution < 1.29 is 32.7 Å². The first kappa shape index (κ1) is 39.2. The average Bonchev–Trinajstić information content (AvgIpc) is 3.86. The van der Waals surface area contributed by atoms with Crippen molar-refractivity contribution in [2.24, 2.45) is 0 Å². The molecule has 4 aliphatic rings. The van der Waals surface area contributed by atoms with Gasteiger partial charge < -0.3 is 19.7 Å². The molecule has 0 radical (unpaired) electrons. The molecular formula is C44H50F2N8O5. The van der Waals surface area contributed by atoms with Crippen LogP contribution in [-0.4, -0.2) is 98.7 Å². The van der Waals surface area contributed by atoms with Gasteiger partial charge in [-0.3, -0.25) is 39.2 Å². The lowest BCUT2D eigenvalue weighted by molar-refractivity contribution is -0.134. The van der Waals surface area contributed by atoms with Crippen LogP contribution in [0, 0.1) is 11.6 Å². The molecule has 310 valence electrons. The zero-order valence-corrected chi connectivity index (χ0v) is 33.4. The minimum absolute atomic E-state index is 0.0640. The Morgan fingerprint density at radius 3 is 2.22 bits per heavy atom. The third kappa shape index (κ3) is 7.83. The molecule has 4 fully saturated rings. The van der Waals surface area contributed by atoms with E-state index in [9.17, 15) is 19.5 Å². The molecule has 3 N–H and O–H groups in total. The van der Waals surface area contributed by atoms with Crippen molar-refractivity contribution in [2.75, 3.05) is 49.5 Å². The number of nitrogens with zero attached hydrogens (tertiary/aromatic N) is 6. The summed E-state index contributed by atoms with van der Waals surface area (Å²) in [5, 5.41) is 22.1. The van der Waals surface area contributed by atoms with Crippen LogP contribution in [0.5, 0.6) is 0 Å². The van der Waals surface area contributed by atoms with Crippen LogP contribution in [0.25, 0.3) is 22.0 Å². The first-order chi connectivity index (χ1) is 28.4. The lowest BCUT2D eigenvalue weighted by Crippen LogP contribution is -2.55. The Morgan fingerprint density at radius 2 is 1.56 bits per heavy atom. The van der Waals surface area contributed by atoms with Gasteiger partial charge in [0.2, 0.25) is 11.8 Å². The first-order valence-electron chi connectivity index (χ1n) is 20.8. The Bertz CT molecular complexity index is 2380. The summed E-state index contributed by atoms with van der Waals surface area (Å²) in [6, 6.07) is 11.1. The number of imide groups is 1. The van der Waals surface area contributed by atoms with Gasteiger partial charge in [-0.2, -0.15) is 5.10 Å². The van der Waals surface area contributed by atoms with Gasteiger partial charge in [0.1, 0.15) is 29.0 Å². The quantitative estimate of drug-likeness (QED) is 0.154. The van der Waals surface area contributed by atoms with Crippen molar-refractivity contribution in [3.63, 3.8) is 0 Å². The van der Waals surface area contributed by atoms with Crippen molar-refractivity contribution >= 4 is 51.1 Å². The molecule has 1 saturated carbocycles. The monoisotopic (exact) mass is 808 g/mol. The second kappa shape index (κ2) is 15.7. The van der Waals surface area contributed by atoms with Gasteiger partial charge in [0.25, 0.3) is 5.91 Å². The van der Waals surface area contributed by atoms with Gasteiger partial charge in [0, 0.05) is 98.1 Å². The molecule has 59 heavy (non-hydrogen) atoms. The molecule has 2 aromatic carbocycles. The fourth-order valence-corrected chi connectivity index (χ4v) is 9.80. The molecule has 0 spiro atoms. The van der Waals surface area contributed by atoms with Crippen LogP contribution >= 0.6 is 0 Å². The minimum atomic E-state index is -1.23. The number of carbonyl (C=O) groups is 3. The number of rotatable bonds is 8. The largest absolute Gasteiger partial charge is 0.462 e. The molecule has 3 aromatic heterocycles. The number of hydrogen-bond donors (Lipinski definition) is 3. The highest BCUT2D eigenvalue weighted by Crippen LogP contribution is 2.37. The lowest BCUT2D eigenvalue weighted by atomic mass is 9.89. The first-order valence-corrected chi connectivity index (χ1v) is 20.8. The standard InChI is InChI=1S/C44H50F2N8O5/c1-44(2,58)33-23-36-26(20-37(33)48-43(57)32-25-59-38-4-3-13-47-41(32)38)24-54(50-36)29-7-5-27(6-8-29)52-16-18-53(19-17-52)28-11-14-51(15-12-28)30-21-34(45)40(35(46)22-30)31-9-10-39(55)49-42(31)56/h3-4,13,20-25,27-29,31,58H,5-12,14-19H2,1-2H3,(H,48,57)(H,49,55,56)/t27?,29?,31-/m1/s1. The molecule has 15 heteroatoms. The van der Waals surface area contributed by atoms with E-state index in [4.69, 9.17) is 9.52 Å². The number of anilines is 2. The number of halogens is 2. The van der Waals surface area contributed by atoms with Gasteiger partial charge in [-0.05, 0) is 95.2 Å². The number of fused-ring (bicyclic) bond motifs is 2. The molecule has 3 aliphatic heterocycles. The van der Waals surface area contributed by atoms with E-state index >= 15 is 8.78 Å². The Hall–Kier alpha value is -5.25. The highest BCUT2D eigenvalue weighted by Gasteiger charge is 2.35. The van der Waals surface area contributed by atoms with Crippen LogP contribution < -0.4 is 15.5 Å². The summed E-state index contributed by atoms with van der Waals surface area (Å²) in [5.74, 6) is -3.91. The Morgan fingerprint density at radius 1 is 0.898 bits per heavy atom. The molecule has 6 heterocycles. The predicted molar refractivity (Wildman–Crippen MR) is 218 cm³/mol. The fourth-order valence-electron chi connectivity index (χ4n) is 9.80. The molecule has 1 atom stereocenters. The van der Waals surface area contributed by atoms with E-state index < -0.39 is 35.0 Å². The van der Waals surface area contributed by atoms with E-state index in [0.29, 0.717) is 58.8 Å². The smallest absolute Gasteiger partial charge is 0.261 e. The molecule has 3 amide bonds. The Balaban J connectivity index is 0.775. The normalized spacial score (nSPS) is 22.9. The van der Waals surface area contributed by atoms with Gasteiger partial charge in [-0.25, -0.2) is 8.78 Å². The molecule has 3 saturated heterocycles. The molecule has 1 aliphatic carbocycles. The van der Waals surface area contributed by atoms with Crippen LogP contribution in [0.2, 0.25) is 0 Å². The highest BCUT2D eigenvalue weighted by atomic mass is 19.1. The van der Waals surface area contributed by atoms with Gasteiger partial charge >= 0.3 is 0 Å². The van der Waals surface area contributed by atoms with Crippen molar-refractivity contribution in [3.8, 4) is 0 Å². The van der Waals surface area contributed by atoms with Crippen molar-refractivity contribution in [2.45, 2.75) is 94.9 Å². The van der Waals surface area contributed by atoms with E-state index in [1.165, 1.54) is 18.4 Å². The van der Waals surface area contributed by atoms with E-state index in [0.717, 1.165) is 75.6 Å². The van der Waals surface area contributed by atoms with Crippen molar-refractivity contribution in [1.29, 1.82) is 0 Å². The molecule has 0 bridgehead atoms. The fraction of sp³-hybridized carbons (Fsp3) is 0.477. The van der Waals surface area contributed by atoms with E-state index in [1.54, 1.807) is 32.2 Å². The lowest BCUT2D eigenvalue weighted by Gasteiger charge is -2.46. The number of aromatic nitrogens is 3. The number of piperazine rings is 1. The highest BCUT2D eigenvalue weighted by molar-refractivity contribution is 6.12. The maximum atomic E-state index is 15.2. The summed E-state index contributed by atoms with van der Waals surface area (Å²) >= 11 is 0. The zero-order valence-electron chi connectivity index (χ0n) is 33.4. The van der Waals surface area contributed by atoms with Crippen LogP contribution in [0.3, 0.4) is 0 Å². The summed E-state index contributed by atoms with van der Waals surface area (Å²) in [6.45, 7) is 8.80. The maximum absolute atomic E-state index is 15.2. The summed E-state index contributed by atoms with van der Waals surface area (Å²) < 4.78 is 38.1. The van der Waals surface area contributed by atoms with E-state index in [-0.39, 0.29) is 30.4 Å². The number of piperidine rings is 2. The Labute approximate surface area is 340 Å². The van der Waals surface area contributed by atoms with Crippen molar-refractivity contribution in [1.82, 2.24) is 29.9 Å². The number of hydrogen-bond acceptors (Lipinski definition) is 10. The second-order valence-corrected chi connectivity index (χ2v) is 17.2. The molecule has 0 unspecified atom stereocenters. The maximum Gasteiger partial charge on any atom is 0.261 e. The number of nitrogens with one attached hydrogen (secondary N) is 2. The summed E-state index contributed by atoms with van der Waals surface area (Å²) in [7, 11) is 0. The third-order valence-electron chi connectivity index (χ3n) is 13.0. The number of benzene rings is 2. The molecule has 13 nitrogen and oxygen atoms in total. The topological polar surface area (TPSA) is 149 Å².